The molecular weight excluding hydrogens is 538 g/mol. The summed E-state index contributed by atoms with van der Waals surface area (Å²) in [4.78, 5) is 38.6. The van der Waals surface area contributed by atoms with Crippen molar-refractivity contribution in [3.05, 3.63) is 58.4 Å². The Balaban J connectivity index is 0.00000400. The molecule has 1 saturated carbocycles. The van der Waals surface area contributed by atoms with Crippen LogP contribution in [-0.2, 0) is 20.9 Å². The third-order valence-electron chi connectivity index (χ3n) is 6.67. The molecule has 1 aliphatic heterocycles. The average Bonchev–Trinajstić information content (AvgIpc) is 3.63. The molecule has 0 aromatic heterocycles. The Morgan fingerprint density at radius 1 is 1.16 bits per heavy atom. The van der Waals surface area contributed by atoms with Gasteiger partial charge in [0.15, 0.2) is 11.5 Å². The first kappa shape index (κ1) is 29.7. The lowest BCUT2D eigenvalue weighted by atomic mass is 10.00. The topological polar surface area (TPSA) is 96.4 Å². The van der Waals surface area contributed by atoms with E-state index in [0.717, 1.165) is 18.4 Å². The Morgan fingerprint density at radius 3 is 2.47 bits per heavy atom. The highest BCUT2D eigenvalue weighted by atomic mass is 35.5. The standard InChI is InChI=1S/C27H30ClFN2O6.ClH/c1-36-24-12-18(4-7-23(24)37-11-10-31-25(32)8-9-26(31)33)16-30(15-17-2-3-17)22(14-27(34)35)19-5-6-20(28)21(29)13-19;/h4-7,12-13,17,22H,2-3,8-11,14-16H2,1H3,(H,34,35);1H/t22-;/m1./s1. The number of hydrogen-bond acceptors (Lipinski definition) is 6. The van der Waals surface area contributed by atoms with E-state index in [1.54, 1.807) is 12.1 Å². The molecule has 2 aromatic rings. The summed E-state index contributed by atoms with van der Waals surface area (Å²) in [6, 6.07) is 9.34. The lowest BCUT2D eigenvalue weighted by molar-refractivity contribution is -0.140. The van der Waals surface area contributed by atoms with Crippen molar-refractivity contribution in [2.75, 3.05) is 26.8 Å². The molecule has 1 N–H and O–H groups in total. The molecule has 2 aliphatic rings. The smallest absolute Gasteiger partial charge is 0.305 e. The van der Waals surface area contributed by atoms with Gasteiger partial charge in [-0.2, -0.15) is 0 Å². The summed E-state index contributed by atoms with van der Waals surface area (Å²) in [5.41, 5.74) is 1.43. The van der Waals surface area contributed by atoms with Gasteiger partial charge in [-0.05, 0) is 54.2 Å². The number of likely N-dealkylation sites (tertiary alicyclic amines) is 1. The molecule has 1 aliphatic carbocycles. The summed E-state index contributed by atoms with van der Waals surface area (Å²) in [6.07, 6.45) is 2.44. The number of carbonyl (C=O) groups is 3. The molecule has 38 heavy (non-hydrogen) atoms. The van der Waals surface area contributed by atoms with Gasteiger partial charge in [-0.1, -0.05) is 23.7 Å². The minimum absolute atomic E-state index is 0. The monoisotopic (exact) mass is 568 g/mol. The highest BCUT2D eigenvalue weighted by molar-refractivity contribution is 6.30. The van der Waals surface area contributed by atoms with Gasteiger partial charge in [0.2, 0.25) is 11.8 Å². The van der Waals surface area contributed by atoms with Crippen molar-refractivity contribution in [2.45, 2.75) is 44.7 Å². The van der Waals surface area contributed by atoms with E-state index in [2.05, 4.69) is 4.90 Å². The van der Waals surface area contributed by atoms with E-state index < -0.39 is 17.8 Å². The maximum absolute atomic E-state index is 14.3. The number of benzene rings is 2. The largest absolute Gasteiger partial charge is 0.493 e. The summed E-state index contributed by atoms with van der Waals surface area (Å²) in [6.45, 7) is 1.42. The van der Waals surface area contributed by atoms with Gasteiger partial charge < -0.3 is 14.6 Å². The van der Waals surface area contributed by atoms with Crippen LogP contribution < -0.4 is 9.47 Å². The van der Waals surface area contributed by atoms with E-state index in [1.807, 2.05) is 12.1 Å². The lowest BCUT2D eigenvalue weighted by Gasteiger charge is -2.32. The normalized spacial score (nSPS) is 15.9. The fourth-order valence-corrected chi connectivity index (χ4v) is 4.68. The zero-order valence-corrected chi connectivity index (χ0v) is 22.6. The maximum atomic E-state index is 14.3. The summed E-state index contributed by atoms with van der Waals surface area (Å²) < 4.78 is 25.6. The number of amides is 2. The summed E-state index contributed by atoms with van der Waals surface area (Å²) in [5, 5.41) is 9.61. The van der Waals surface area contributed by atoms with Crippen LogP contribution in [0.3, 0.4) is 0 Å². The van der Waals surface area contributed by atoms with Gasteiger partial charge in [-0.3, -0.25) is 24.2 Å². The Labute approximate surface area is 232 Å². The molecule has 1 saturated heterocycles. The van der Waals surface area contributed by atoms with Gasteiger partial charge in [0.25, 0.3) is 0 Å². The molecule has 0 bridgehead atoms. The van der Waals surface area contributed by atoms with E-state index in [0.29, 0.717) is 36.1 Å². The van der Waals surface area contributed by atoms with Crippen LogP contribution in [0.4, 0.5) is 4.39 Å². The molecule has 11 heteroatoms. The highest BCUT2D eigenvalue weighted by Crippen LogP contribution is 2.37. The molecule has 0 spiro atoms. The second-order valence-corrected chi connectivity index (χ2v) is 9.84. The Bertz CT molecular complexity index is 1160. The summed E-state index contributed by atoms with van der Waals surface area (Å²) in [7, 11) is 1.52. The molecule has 1 heterocycles. The average molecular weight is 569 g/mol. The number of methoxy groups -OCH3 is 1. The molecule has 0 unspecified atom stereocenters. The van der Waals surface area contributed by atoms with Crippen molar-refractivity contribution < 1.29 is 33.4 Å². The molecule has 4 rings (SSSR count). The molecule has 206 valence electrons. The fraction of sp³-hybridized carbons (Fsp3) is 0.444. The van der Waals surface area contributed by atoms with E-state index in [1.165, 1.54) is 24.1 Å². The lowest BCUT2D eigenvalue weighted by Crippen LogP contribution is -2.33. The first-order valence-electron chi connectivity index (χ1n) is 12.3. The molecule has 2 aromatic carbocycles. The summed E-state index contributed by atoms with van der Waals surface area (Å²) >= 11 is 5.86. The molecule has 1 atom stereocenters. The summed E-state index contributed by atoms with van der Waals surface area (Å²) in [5.74, 6) is -0.518. The number of carboxylic acid groups (broad SMARTS) is 1. The molecule has 2 fully saturated rings. The van der Waals surface area contributed by atoms with Gasteiger partial charge in [0, 0.05) is 32.0 Å². The van der Waals surface area contributed by atoms with Crippen LogP contribution in [0.1, 0.15) is 49.3 Å². The van der Waals surface area contributed by atoms with Gasteiger partial charge in [-0.15, -0.1) is 12.4 Å². The van der Waals surface area contributed by atoms with Gasteiger partial charge in [0.05, 0.1) is 25.1 Å². The van der Waals surface area contributed by atoms with Crippen LogP contribution in [-0.4, -0.2) is 59.5 Å². The van der Waals surface area contributed by atoms with Gasteiger partial charge in [0.1, 0.15) is 12.4 Å². The van der Waals surface area contributed by atoms with Crippen LogP contribution in [0.2, 0.25) is 5.02 Å². The number of hydrogen-bond donors (Lipinski definition) is 1. The molecule has 2 amide bonds. The number of aliphatic carboxylic acids is 1. The predicted molar refractivity (Wildman–Crippen MR) is 141 cm³/mol. The quantitative estimate of drug-likeness (QED) is 0.344. The van der Waals surface area contributed by atoms with E-state index in [9.17, 15) is 23.9 Å². The number of imide groups is 1. The van der Waals surface area contributed by atoms with Crippen molar-refractivity contribution in [3.8, 4) is 11.5 Å². The van der Waals surface area contributed by atoms with E-state index in [4.69, 9.17) is 21.1 Å². The van der Waals surface area contributed by atoms with E-state index >= 15 is 0 Å². The van der Waals surface area contributed by atoms with Crippen molar-refractivity contribution >= 4 is 41.8 Å². The Hall–Kier alpha value is -2.88. The number of halogens is 3. The molecule has 0 radical (unpaired) electrons. The van der Waals surface area contributed by atoms with Crippen molar-refractivity contribution in [1.29, 1.82) is 0 Å². The first-order valence-corrected chi connectivity index (χ1v) is 12.7. The van der Waals surface area contributed by atoms with Crippen LogP contribution in [0.15, 0.2) is 36.4 Å². The SMILES string of the molecule is COc1cc(CN(CC2CC2)[C@H](CC(=O)O)c2ccc(Cl)c(F)c2)ccc1OCCN1C(=O)CCC1=O.Cl. The van der Waals surface area contributed by atoms with Crippen molar-refractivity contribution in [2.24, 2.45) is 5.92 Å². The van der Waals surface area contributed by atoms with E-state index in [-0.39, 0.29) is 61.7 Å². The minimum Gasteiger partial charge on any atom is -0.493 e. The Kier molecular flexibility index (Phi) is 10.4. The number of ether oxygens (including phenoxy) is 2. The fourth-order valence-electron chi connectivity index (χ4n) is 4.56. The van der Waals surface area contributed by atoms with Gasteiger partial charge >= 0.3 is 5.97 Å². The van der Waals surface area contributed by atoms with Crippen LogP contribution in [0, 0.1) is 11.7 Å². The molecular formula is C27H31Cl2FN2O6. The third-order valence-corrected chi connectivity index (χ3v) is 6.97. The number of rotatable bonds is 13. The van der Waals surface area contributed by atoms with Gasteiger partial charge in [-0.25, -0.2) is 4.39 Å². The third kappa shape index (κ3) is 7.58. The van der Waals surface area contributed by atoms with Crippen LogP contribution in [0.25, 0.3) is 0 Å². The van der Waals surface area contributed by atoms with Crippen LogP contribution in [0.5, 0.6) is 11.5 Å². The zero-order valence-electron chi connectivity index (χ0n) is 21.0. The second kappa shape index (κ2) is 13.3. The Morgan fingerprint density at radius 2 is 1.87 bits per heavy atom. The van der Waals surface area contributed by atoms with Crippen molar-refractivity contribution in [3.63, 3.8) is 0 Å². The van der Waals surface area contributed by atoms with Crippen molar-refractivity contribution in [1.82, 2.24) is 9.80 Å². The van der Waals surface area contributed by atoms with Crippen LogP contribution >= 0.6 is 24.0 Å². The predicted octanol–water partition coefficient (Wildman–Crippen LogP) is 4.87. The molecule has 8 nitrogen and oxygen atoms in total. The maximum Gasteiger partial charge on any atom is 0.305 e. The second-order valence-electron chi connectivity index (χ2n) is 9.43. The zero-order chi connectivity index (χ0) is 26.5. The number of carbonyl (C=O) groups excluding carboxylic acids is 2. The highest BCUT2D eigenvalue weighted by Gasteiger charge is 2.31. The number of carboxylic acids is 1. The first-order chi connectivity index (χ1) is 17.7. The number of nitrogens with zero attached hydrogens (tertiary/aromatic N) is 2. The minimum atomic E-state index is -0.975.